The van der Waals surface area contributed by atoms with Gasteiger partial charge in [-0.25, -0.2) is 4.79 Å². The summed E-state index contributed by atoms with van der Waals surface area (Å²) in [7, 11) is 0. The number of unbranched alkanes of at least 4 members (excludes halogenated alkanes) is 4. The fraction of sp³-hybridized carbons (Fsp3) is 0.667. The number of hydrogen-bond donors (Lipinski definition) is 0. The first kappa shape index (κ1) is 15.7. The summed E-state index contributed by atoms with van der Waals surface area (Å²) in [4.78, 5) is 11.6. The van der Waals surface area contributed by atoms with Crippen LogP contribution in [0, 0.1) is 3.57 Å². The molecule has 1 aromatic heterocycles. The Balaban J connectivity index is 2.75. The highest BCUT2D eigenvalue weighted by molar-refractivity contribution is 14.1. The molecule has 1 rings (SSSR count). The summed E-state index contributed by atoms with van der Waals surface area (Å²) in [5, 5.41) is 0. The topological polar surface area (TPSA) is 30.2 Å². The predicted molar refractivity (Wildman–Crippen MR) is 84.2 cm³/mol. The lowest BCUT2D eigenvalue weighted by atomic mass is 10.1. The molecule has 1 heterocycles. The third-order valence-electron chi connectivity index (χ3n) is 3.10. The summed E-state index contributed by atoms with van der Waals surface area (Å²) >= 11 is 2.33. The molecule has 0 saturated heterocycles. The Bertz CT molecular complexity index is 375. The van der Waals surface area contributed by atoms with Crippen LogP contribution >= 0.6 is 22.6 Å². The Labute approximate surface area is 123 Å². The minimum absolute atomic E-state index is 0.187. The third kappa shape index (κ3) is 5.12. The Morgan fingerprint density at radius 1 is 1.06 bits per heavy atom. The van der Waals surface area contributed by atoms with Crippen molar-refractivity contribution in [1.29, 1.82) is 0 Å². The second-order valence-corrected chi connectivity index (χ2v) is 5.82. The van der Waals surface area contributed by atoms with Crippen molar-refractivity contribution in [1.82, 2.24) is 0 Å². The largest absolute Gasteiger partial charge is 0.427 e. The minimum atomic E-state index is -0.187. The Hall–Kier alpha value is -0.320. The van der Waals surface area contributed by atoms with Gasteiger partial charge in [0.05, 0.1) is 3.57 Å². The molecule has 0 aliphatic rings. The molecule has 3 heteroatoms. The standard InChI is InChI=1S/C15H23IO2/c1-3-5-7-9-12-11-14(17)18-13(15(12)16)10-8-6-4-2/h11H,3-10H2,1-2H3. The lowest BCUT2D eigenvalue weighted by molar-refractivity contribution is 0.443. The van der Waals surface area contributed by atoms with E-state index in [1.807, 2.05) is 0 Å². The van der Waals surface area contributed by atoms with Crippen molar-refractivity contribution < 1.29 is 4.42 Å². The number of aryl methyl sites for hydroxylation is 2. The van der Waals surface area contributed by atoms with Crippen LogP contribution in [0.25, 0.3) is 0 Å². The van der Waals surface area contributed by atoms with Crippen molar-refractivity contribution >= 4 is 22.6 Å². The van der Waals surface area contributed by atoms with Gasteiger partial charge in [0, 0.05) is 12.5 Å². The highest BCUT2D eigenvalue weighted by Crippen LogP contribution is 2.19. The molecule has 0 unspecified atom stereocenters. The maximum Gasteiger partial charge on any atom is 0.336 e. The summed E-state index contributed by atoms with van der Waals surface area (Å²) in [6, 6.07) is 1.67. The lowest BCUT2D eigenvalue weighted by Crippen LogP contribution is -2.07. The predicted octanol–water partition coefficient (Wildman–Crippen LogP) is 4.71. The number of halogens is 1. The van der Waals surface area contributed by atoms with Gasteiger partial charge in [-0.15, -0.1) is 0 Å². The van der Waals surface area contributed by atoms with Gasteiger partial charge < -0.3 is 4.42 Å². The van der Waals surface area contributed by atoms with Crippen LogP contribution in [0.3, 0.4) is 0 Å². The summed E-state index contributed by atoms with van der Waals surface area (Å²) in [5.74, 6) is 0.892. The van der Waals surface area contributed by atoms with Crippen LogP contribution in [0.1, 0.15) is 63.7 Å². The number of rotatable bonds is 8. The normalized spacial score (nSPS) is 10.8. The van der Waals surface area contributed by atoms with Crippen LogP contribution in [0.15, 0.2) is 15.3 Å². The zero-order valence-corrected chi connectivity index (χ0v) is 13.6. The van der Waals surface area contributed by atoms with Crippen molar-refractivity contribution in [2.45, 2.75) is 65.2 Å². The molecule has 2 nitrogen and oxygen atoms in total. The van der Waals surface area contributed by atoms with Gasteiger partial charge in [-0.05, 0) is 47.4 Å². The van der Waals surface area contributed by atoms with E-state index in [0.717, 1.165) is 31.4 Å². The lowest BCUT2D eigenvalue weighted by Gasteiger charge is -2.08. The van der Waals surface area contributed by atoms with E-state index in [4.69, 9.17) is 4.42 Å². The maximum atomic E-state index is 11.6. The second kappa shape index (κ2) is 8.73. The van der Waals surface area contributed by atoms with E-state index in [9.17, 15) is 4.79 Å². The quantitative estimate of drug-likeness (QED) is 0.495. The molecule has 0 aliphatic heterocycles. The molecule has 18 heavy (non-hydrogen) atoms. The average molecular weight is 362 g/mol. The van der Waals surface area contributed by atoms with Gasteiger partial charge in [-0.1, -0.05) is 39.5 Å². The monoisotopic (exact) mass is 362 g/mol. The Kier molecular flexibility index (Phi) is 7.63. The fourth-order valence-electron chi connectivity index (χ4n) is 2.02. The molecule has 0 aliphatic carbocycles. The van der Waals surface area contributed by atoms with Crippen LogP contribution in [0.2, 0.25) is 0 Å². The highest BCUT2D eigenvalue weighted by Gasteiger charge is 2.10. The minimum Gasteiger partial charge on any atom is -0.427 e. The summed E-state index contributed by atoms with van der Waals surface area (Å²) in [6.45, 7) is 4.38. The first-order valence-corrected chi connectivity index (χ1v) is 8.08. The van der Waals surface area contributed by atoms with Crippen molar-refractivity contribution in [2.24, 2.45) is 0 Å². The zero-order chi connectivity index (χ0) is 13.4. The van der Waals surface area contributed by atoms with E-state index in [0.29, 0.717) is 0 Å². The first-order valence-electron chi connectivity index (χ1n) is 7.00. The van der Waals surface area contributed by atoms with Crippen molar-refractivity contribution in [3.8, 4) is 0 Å². The molecule has 0 N–H and O–H groups in total. The Morgan fingerprint density at radius 3 is 2.28 bits per heavy atom. The SMILES string of the molecule is CCCCCc1cc(=O)oc(CCCCC)c1I. The van der Waals surface area contributed by atoms with Gasteiger partial charge in [0.25, 0.3) is 0 Å². The van der Waals surface area contributed by atoms with Crippen LogP contribution < -0.4 is 5.63 Å². The van der Waals surface area contributed by atoms with Crippen molar-refractivity contribution in [3.63, 3.8) is 0 Å². The van der Waals surface area contributed by atoms with Gasteiger partial charge in [-0.3, -0.25) is 0 Å². The molecular weight excluding hydrogens is 339 g/mol. The first-order chi connectivity index (χ1) is 8.69. The molecule has 0 spiro atoms. The van der Waals surface area contributed by atoms with E-state index in [1.54, 1.807) is 6.07 Å². The van der Waals surface area contributed by atoms with E-state index < -0.39 is 0 Å². The Morgan fingerprint density at radius 2 is 1.67 bits per heavy atom. The molecule has 102 valence electrons. The summed E-state index contributed by atoms with van der Waals surface area (Å²) < 4.78 is 6.50. The molecule has 0 radical (unpaired) electrons. The van der Waals surface area contributed by atoms with Gasteiger partial charge in [0.15, 0.2) is 0 Å². The molecule has 0 fully saturated rings. The fourth-order valence-corrected chi connectivity index (χ4v) is 2.83. The van der Waals surface area contributed by atoms with Crippen LogP contribution in [0.5, 0.6) is 0 Å². The van der Waals surface area contributed by atoms with Crippen LogP contribution in [0.4, 0.5) is 0 Å². The molecule has 0 saturated carbocycles. The van der Waals surface area contributed by atoms with Crippen LogP contribution in [-0.2, 0) is 12.8 Å². The smallest absolute Gasteiger partial charge is 0.336 e. The third-order valence-corrected chi connectivity index (χ3v) is 4.39. The highest BCUT2D eigenvalue weighted by atomic mass is 127. The van der Waals surface area contributed by atoms with E-state index in [-0.39, 0.29) is 5.63 Å². The van der Waals surface area contributed by atoms with Gasteiger partial charge >= 0.3 is 5.63 Å². The second-order valence-electron chi connectivity index (χ2n) is 4.74. The molecule has 0 bridgehead atoms. The van der Waals surface area contributed by atoms with Gasteiger partial charge in [0.2, 0.25) is 0 Å². The van der Waals surface area contributed by atoms with E-state index >= 15 is 0 Å². The van der Waals surface area contributed by atoms with Gasteiger partial charge in [-0.2, -0.15) is 0 Å². The zero-order valence-electron chi connectivity index (χ0n) is 11.4. The maximum absolute atomic E-state index is 11.6. The van der Waals surface area contributed by atoms with Crippen LogP contribution in [-0.4, -0.2) is 0 Å². The van der Waals surface area contributed by atoms with E-state index in [1.165, 1.54) is 34.8 Å². The molecule has 0 atom stereocenters. The molecule has 1 aromatic rings. The average Bonchev–Trinajstić information content (AvgIpc) is 2.35. The van der Waals surface area contributed by atoms with Gasteiger partial charge in [0.1, 0.15) is 5.76 Å². The van der Waals surface area contributed by atoms with Crippen molar-refractivity contribution in [3.05, 3.63) is 31.4 Å². The number of hydrogen-bond acceptors (Lipinski definition) is 2. The molecular formula is C15H23IO2. The molecule has 0 amide bonds. The van der Waals surface area contributed by atoms with E-state index in [2.05, 4.69) is 36.4 Å². The summed E-state index contributed by atoms with van der Waals surface area (Å²) in [6.07, 6.45) is 8.97. The van der Waals surface area contributed by atoms with Crippen molar-refractivity contribution in [2.75, 3.05) is 0 Å². The molecule has 0 aromatic carbocycles. The summed E-state index contributed by atoms with van der Waals surface area (Å²) in [5.41, 5.74) is 0.986.